The van der Waals surface area contributed by atoms with Gasteiger partial charge >= 0.3 is 0 Å². The molecule has 29 heavy (non-hydrogen) atoms. The Hall–Kier alpha value is -1.36. The molecule has 1 N–H and O–H groups in total. The molecule has 0 saturated heterocycles. The summed E-state index contributed by atoms with van der Waals surface area (Å²) in [6.07, 6.45) is 9.56. The Labute approximate surface area is 174 Å². The number of aryl methyl sites for hydroxylation is 2. The second kappa shape index (κ2) is 6.57. The first kappa shape index (κ1) is 19.6. The average Bonchev–Trinajstić information content (AvgIpc) is 3.14. The molecule has 5 aliphatic carbocycles. The summed E-state index contributed by atoms with van der Waals surface area (Å²) in [6.45, 7) is 3.75. The van der Waals surface area contributed by atoms with Gasteiger partial charge < -0.3 is 5.32 Å². The molecule has 5 aliphatic rings. The number of sulfone groups is 1. The van der Waals surface area contributed by atoms with Gasteiger partial charge in [-0.1, -0.05) is 25.0 Å². The van der Waals surface area contributed by atoms with Crippen LogP contribution in [0.3, 0.4) is 0 Å². The molecule has 0 aromatic heterocycles. The fraction of sp³-hybridized carbons (Fsp3) is 0.708. The minimum absolute atomic E-state index is 0.154. The first-order valence-corrected chi connectivity index (χ1v) is 12.9. The quantitative estimate of drug-likeness (QED) is 0.789. The normalized spacial score (nSPS) is 35.0. The van der Waals surface area contributed by atoms with Crippen LogP contribution >= 0.6 is 0 Å². The summed E-state index contributed by atoms with van der Waals surface area (Å²) >= 11 is 0. The molecule has 1 aromatic rings. The minimum Gasteiger partial charge on any atom is -0.349 e. The zero-order valence-corrected chi connectivity index (χ0v) is 18.5. The second-order valence-corrected chi connectivity index (χ2v) is 12.9. The Morgan fingerprint density at radius 3 is 2.07 bits per heavy atom. The van der Waals surface area contributed by atoms with Crippen molar-refractivity contribution in [2.75, 3.05) is 0 Å². The van der Waals surface area contributed by atoms with Crippen LogP contribution in [-0.2, 0) is 14.6 Å². The van der Waals surface area contributed by atoms with E-state index in [1.165, 1.54) is 19.3 Å². The van der Waals surface area contributed by atoms with Gasteiger partial charge in [-0.15, -0.1) is 0 Å². The van der Waals surface area contributed by atoms with E-state index in [0.29, 0.717) is 17.7 Å². The second-order valence-electron chi connectivity index (χ2n) is 10.6. The van der Waals surface area contributed by atoms with Crippen molar-refractivity contribution in [3.05, 3.63) is 29.3 Å². The van der Waals surface area contributed by atoms with Gasteiger partial charge in [-0.2, -0.15) is 0 Å². The highest BCUT2D eigenvalue weighted by atomic mass is 32.2. The Balaban J connectivity index is 1.50. The molecule has 0 spiro atoms. The number of carbonyl (C=O) groups is 1. The third-order valence-corrected chi connectivity index (χ3v) is 11.0. The van der Waals surface area contributed by atoms with Gasteiger partial charge in [0.25, 0.3) is 0 Å². The Bertz CT molecular complexity index is 908. The lowest BCUT2D eigenvalue weighted by Crippen LogP contribution is -2.64. The van der Waals surface area contributed by atoms with Crippen LogP contribution in [0.2, 0.25) is 0 Å². The maximum Gasteiger partial charge on any atom is 0.242 e. The Kier molecular flexibility index (Phi) is 4.44. The lowest BCUT2D eigenvalue weighted by Gasteiger charge is -2.57. The SMILES string of the molecule is Cc1ccc(C)c(S(=O)(=O)C2(C(=O)NC34CC5CC(CC(C5)C3)C4)CCCC2)c1. The van der Waals surface area contributed by atoms with E-state index in [-0.39, 0.29) is 11.4 Å². The van der Waals surface area contributed by atoms with E-state index in [9.17, 15) is 13.2 Å². The van der Waals surface area contributed by atoms with Crippen LogP contribution in [0.15, 0.2) is 23.1 Å². The van der Waals surface area contributed by atoms with Gasteiger partial charge in [0.05, 0.1) is 4.90 Å². The summed E-state index contributed by atoms with van der Waals surface area (Å²) in [6, 6.07) is 5.55. The number of hydrogen-bond acceptors (Lipinski definition) is 3. The third-order valence-electron chi connectivity index (χ3n) is 8.39. The molecule has 5 fully saturated rings. The highest BCUT2D eigenvalue weighted by Crippen LogP contribution is 2.56. The first-order valence-electron chi connectivity index (χ1n) is 11.4. The average molecular weight is 416 g/mol. The number of hydrogen-bond donors (Lipinski definition) is 1. The largest absolute Gasteiger partial charge is 0.349 e. The molecule has 158 valence electrons. The van der Waals surface area contributed by atoms with Gasteiger partial charge in [0.15, 0.2) is 14.6 Å². The standard InChI is InChI=1S/C24H33NO3S/c1-16-5-6-17(2)21(9-16)29(27,28)24(7-3-4-8-24)22(26)25-23-13-18-10-19(14-23)12-20(11-18)15-23/h5-6,9,18-20H,3-4,7-8,10-15H2,1-2H3,(H,25,26). The van der Waals surface area contributed by atoms with Crippen molar-refractivity contribution in [3.63, 3.8) is 0 Å². The van der Waals surface area contributed by atoms with Crippen molar-refractivity contribution in [1.29, 1.82) is 0 Å². The van der Waals surface area contributed by atoms with Crippen molar-refractivity contribution in [2.45, 2.75) is 93.2 Å². The van der Waals surface area contributed by atoms with Crippen molar-refractivity contribution >= 4 is 15.7 Å². The monoisotopic (exact) mass is 415 g/mol. The molecule has 0 radical (unpaired) electrons. The topological polar surface area (TPSA) is 63.2 Å². The van der Waals surface area contributed by atoms with Crippen LogP contribution in [0, 0.1) is 31.6 Å². The van der Waals surface area contributed by atoms with Crippen LogP contribution in [0.4, 0.5) is 0 Å². The predicted octanol–water partition coefficient (Wildman–Crippen LogP) is 4.47. The first-order chi connectivity index (χ1) is 13.7. The molecule has 1 amide bonds. The maximum absolute atomic E-state index is 13.9. The van der Waals surface area contributed by atoms with Crippen LogP contribution in [0.1, 0.15) is 75.3 Å². The zero-order valence-electron chi connectivity index (χ0n) is 17.7. The molecule has 0 aliphatic heterocycles. The zero-order chi connectivity index (χ0) is 20.4. The minimum atomic E-state index is -3.75. The van der Waals surface area contributed by atoms with Gasteiger partial charge in [-0.05, 0) is 100 Å². The van der Waals surface area contributed by atoms with E-state index in [0.717, 1.165) is 61.0 Å². The summed E-state index contributed by atoms with van der Waals surface area (Å²) < 4.78 is 26.5. The Morgan fingerprint density at radius 2 is 1.52 bits per heavy atom. The van der Waals surface area contributed by atoms with Crippen molar-refractivity contribution in [2.24, 2.45) is 17.8 Å². The van der Waals surface area contributed by atoms with Gasteiger partial charge in [0, 0.05) is 5.54 Å². The molecule has 5 heteroatoms. The lowest BCUT2D eigenvalue weighted by molar-refractivity contribution is -0.129. The summed E-state index contributed by atoms with van der Waals surface area (Å²) in [4.78, 5) is 14.1. The molecule has 4 nitrogen and oxygen atoms in total. The number of nitrogens with one attached hydrogen (secondary N) is 1. The van der Waals surface area contributed by atoms with Gasteiger partial charge in [0.1, 0.15) is 0 Å². The van der Waals surface area contributed by atoms with Gasteiger partial charge in [-0.3, -0.25) is 4.79 Å². The summed E-state index contributed by atoms with van der Waals surface area (Å²) in [5, 5.41) is 3.40. The van der Waals surface area contributed by atoms with E-state index in [1.54, 1.807) is 6.07 Å². The molecule has 0 unspecified atom stereocenters. The number of benzene rings is 1. The molecule has 6 rings (SSSR count). The van der Waals surface area contributed by atoms with Crippen molar-refractivity contribution in [3.8, 4) is 0 Å². The van der Waals surface area contributed by atoms with Crippen molar-refractivity contribution in [1.82, 2.24) is 5.32 Å². The fourth-order valence-corrected chi connectivity index (χ4v) is 9.76. The smallest absolute Gasteiger partial charge is 0.242 e. The van der Waals surface area contributed by atoms with E-state index in [1.807, 2.05) is 26.0 Å². The van der Waals surface area contributed by atoms with E-state index in [2.05, 4.69) is 5.32 Å². The fourth-order valence-electron chi connectivity index (χ4n) is 7.39. The maximum atomic E-state index is 13.9. The van der Waals surface area contributed by atoms with Crippen LogP contribution in [-0.4, -0.2) is 24.6 Å². The predicted molar refractivity (Wildman–Crippen MR) is 113 cm³/mol. The highest BCUT2D eigenvalue weighted by Gasteiger charge is 2.57. The van der Waals surface area contributed by atoms with Crippen LogP contribution < -0.4 is 5.32 Å². The number of amides is 1. The van der Waals surface area contributed by atoms with E-state index in [4.69, 9.17) is 0 Å². The summed E-state index contributed by atoms with van der Waals surface area (Å²) in [5.74, 6) is 1.95. The third kappa shape index (κ3) is 2.98. The van der Waals surface area contributed by atoms with E-state index >= 15 is 0 Å². The molecule has 5 saturated carbocycles. The number of carbonyl (C=O) groups excluding carboxylic acids is 1. The Morgan fingerprint density at radius 1 is 0.966 bits per heavy atom. The van der Waals surface area contributed by atoms with E-state index < -0.39 is 14.6 Å². The molecular weight excluding hydrogens is 382 g/mol. The molecular formula is C24H33NO3S. The van der Waals surface area contributed by atoms with Crippen molar-refractivity contribution < 1.29 is 13.2 Å². The van der Waals surface area contributed by atoms with Crippen LogP contribution in [0.25, 0.3) is 0 Å². The van der Waals surface area contributed by atoms with Gasteiger partial charge in [0.2, 0.25) is 5.91 Å². The van der Waals surface area contributed by atoms with Crippen LogP contribution in [0.5, 0.6) is 0 Å². The molecule has 1 aromatic carbocycles. The number of rotatable bonds is 4. The summed E-state index contributed by atoms with van der Waals surface area (Å²) in [7, 11) is -3.75. The summed E-state index contributed by atoms with van der Waals surface area (Å²) in [5.41, 5.74) is 1.51. The lowest BCUT2D eigenvalue weighted by atomic mass is 9.53. The highest BCUT2D eigenvalue weighted by molar-refractivity contribution is 7.93. The molecule has 0 atom stereocenters. The molecule has 4 bridgehead atoms. The molecule has 0 heterocycles. The van der Waals surface area contributed by atoms with Gasteiger partial charge in [-0.25, -0.2) is 8.42 Å².